The van der Waals surface area contributed by atoms with Crippen LogP contribution in [0.5, 0.6) is 5.75 Å². The van der Waals surface area contributed by atoms with Gasteiger partial charge in [-0.25, -0.2) is 5.10 Å². The van der Waals surface area contributed by atoms with Crippen LogP contribution in [0, 0.1) is 18.6 Å². The van der Waals surface area contributed by atoms with Crippen molar-refractivity contribution in [3.05, 3.63) is 75.4 Å². The molecule has 6 nitrogen and oxygen atoms in total. The first-order valence-electron chi connectivity index (χ1n) is 9.95. The first-order valence-corrected chi connectivity index (χ1v) is 10.4. The van der Waals surface area contributed by atoms with Crippen molar-refractivity contribution < 1.29 is 4.74 Å². The van der Waals surface area contributed by atoms with E-state index in [1.165, 1.54) is 5.56 Å². The maximum atomic E-state index is 6.12. The van der Waals surface area contributed by atoms with E-state index in [0.717, 1.165) is 33.5 Å². The summed E-state index contributed by atoms with van der Waals surface area (Å²) in [6.07, 6.45) is 1.81. The second kappa shape index (κ2) is 8.28. The molecule has 0 unspecified atom stereocenters. The van der Waals surface area contributed by atoms with Crippen molar-refractivity contribution in [2.24, 2.45) is 5.10 Å². The maximum absolute atomic E-state index is 6.12. The first kappa shape index (κ1) is 20.1. The van der Waals surface area contributed by atoms with Gasteiger partial charge >= 0.3 is 0 Å². The standard InChI is InChI=1S/C23H25N5OS/c1-14(2)17-10-9-15(3)11-21(17)29-13-22-26-27-23(30)28(22)24-12-19-16(4)25-20-8-6-5-7-18(19)20/h5-12,14,25H,13H2,1-4H3,(H,27,30)/b24-12+. The molecule has 0 bridgehead atoms. The van der Waals surface area contributed by atoms with Gasteiger partial charge in [-0.15, -0.1) is 0 Å². The number of hydrogen-bond acceptors (Lipinski definition) is 4. The summed E-state index contributed by atoms with van der Waals surface area (Å²) in [6.45, 7) is 8.66. The molecule has 0 saturated carbocycles. The molecule has 0 fully saturated rings. The van der Waals surface area contributed by atoms with Gasteiger partial charge in [-0.05, 0) is 55.2 Å². The second-order valence-electron chi connectivity index (χ2n) is 7.70. The van der Waals surface area contributed by atoms with E-state index in [2.05, 4.69) is 71.4 Å². The number of ether oxygens (including phenoxy) is 1. The van der Waals surface area contributed by atoms with Crippen LogP contribution < -0.4 is 4.74 Å². The lowest BCUT2D eigenvalue weighted by Crippen LogP contribution is -2.06. The van der Waals surface area contributed by atoms with Crippen molar-refractivity contribution in [3.8, 4) is 5.75 Å². The molecule has 0 atom stereocenters. The monoisotopic (exact) mass is 419 g/mol. The summed E-state index contributed by atoms with van der Waals surface area (Å²) >= 11 is 5.38. The van der Waals surface area contributed by atoms with E-state index in [9.17, 15) is 0 Å². The summed E-state index contributed by atoms with van der Waals surface area (Å²) in [7, 11) is 0. The number of benzene rings is 2. The summed E-state index contributed by atoms with van der Waals surface area (Å²) in [5.41, 5.74) is 5.48. The molecular weight excluding hydrogens is 394 g/mol. The highest BCUT2D eigenvalue weighted by atomic mass is 32.1. The van der Waals surface area contributed by atoms with Crippen LogP contribution in [0.4, 0.5) is 0 Å². The van der Waals surface area contributed by atoms with E-state index in [1.54, 1.807) is 4.68 Å². The van der Waals surface area contributed by atoms with Crippen molar-refractivity contribution in [1.82, 2.24) is 19.9 Å². The molecule has 0 radical (unpaired) electrons. The molecule has 0 amide bonds. The highest BCUT2D eigenvalue weighted by molar-refractivity contribution is 7.71. The average molecular weight is 420 g/mol. The van der Waals surface area contributed by atoms with Crippen molar-refractivity contribution in [2.45, 2.75) is 40.2 Å². The number of fused-ring (bicyclic) bond motifs is 1. The number of aromatic nitrogens is 4. The van der Waals surface area contributed by atoms with Crippen LogP contribution in [0.1, 0.15) is 48.0 Å². The fourth-order valence-corrected chi connectivity index (χ4v) is 3.70. The van der Waals surface area contributed by atoms with Crippen molar-refractivity contribution in [1.29, 1.82) is 0 Å². The number of nitrogens with zero attached hydrogens (tertiary/aromatic N) is 3. The predicted molar refractivity (Wildman–Crippen MR) is 123 cm³/mol. The Balaban J connectivity index is 1.62. The van der Waals surface area contributed by atoms with E-state index in [4.69, 9.17) is 17.0 Å². The maximum Gasteiger partial charge on any atom is 0.216 e. The van der Waals surface area contributed by atoms with Gasteiger partial charge < -0.3 is 9.72 Å². The normalized spacial score (nSPS) is 11.8. The van der Waals surface area contributed by atoms with Gasteiger partial charge in [-0.3, -0.25) is 0 Å². The first-order chi connectivity index (χ1) is 14.4. The molecule has 154 valence electrons. The highest BCUT2D eigenvalue weighted by Crippen LogP contribution is 2.28. The molecule has 0 aliphatic heterocycles. The number of aromatic amines is 2. The molecular formula is C23H25N5OS. The minimum absolute atomic E-state index is 0.264. The van der Waals surface area contributed by atoms with Crippen molar-refractivity contribution in [2.75, 3.05) is 0 Å². The highest BCUT2D eigenvalue weighted by Gasteiger charge is 2.12. The van der Waals surface area contributed by atoms with Crippen molar-refractivity contribution >= 4 is 29.3 Å². The number of aryl methyl sites for hydroxylation is 2. The Hall–Kier alpha value is -3.19. The fourth-order valence-electron chi connectivity index (χ4n) is 3.50. The molecule has 0 aliphatic rings. The van der Waals surface area contributed by atoms with Gasteiger partial charge in [0.15, 0.2) is 5.82 Å². The molecule has 0 aliphatic carbocycles. The van der Waals surface area contributed by atoms with Crippen LogP contribution in [-0.2, 0) is 6.61 Å². The zero-order valence-electron chi connectivity index (χ0n) is 17.6. The van der Waals surface area contributed by atoms with E-state index in [1.807, 2.05) is 25.3 Å². The van der Waals surface area contributed by atoms with Crippen LogP contribution in [0.25, 0.3) is 10.9 Å². The number of H-pyrrole nitrogens is 2. The topological polar surface area (TPSA) is 71.0 Å². The summed E-state index contributed by atoms with van der Waals surface area (Å²) < 4.78 is 8.16. The number of hydrogen-bond donors (Lipinski definition) is 2. The van der Waals surface area contributed by atoms with Gasteiger partial charge in [0.05, 0.1) is 6.21 Å². The Bertz CT molecular complexity index is 1280. The third-order valence-corrected chi connectivity index (χ3v) is 5.38. The van der Waals surface area contributed by atoms with Crippen LogP contribution >= 0.6 is 12.2 Å². The Morgan fingerprint density at radius 3 is 2.80 bits per heavy atom. The van der Waals surface area contributed by atoms with Crippen LogP contribution in [0.2, 0.25) is 0 Å². The minimum Gasteiger partial charge on any atom is -0.485 e. The number of para-hydroxylation sites is 1. The second-order valence-corrected chi connectivity index (χ2v) is 8.08. The summed E-state index contributed by atoms with van der Waals surface area (Å²) in [5.74, 6) is 1.84. The summed E-state index contributed by atoms with van der Waals surface area (Å²) in [4.78, 5) is 3.38. The molecule has 2 heterocycles. The number of nitrogens with one attached hydrogen (secondary N) is 2. The summed E-state index contributed by atoms with van der Waals surface area (Å²) in [6, 6.07) is 14.4. The van der Waals surface area contributed by atoms with Gasteiger partial charge in [0.2, 0.25) is 4.77 Å². The van der Waals surface area contributed by atoms with Crippen LogP contribution in [0.15, 0.2) is 47.6 Å². The molecule has 4 rings (SSSR count). The van der Waals surface area contributed by atoms with E-state index >= 15 is 0 Å². The summed E-state index contributed by atoms with van der Waals surface area (Å²) in [5, 5.41) is 12.8. The fraction of sp³-hybridized carbons (Fsp3) is 0.261. The molecule has 30 heavy (non-hydrogen) atoms. The Morgan fingerprint density at radius 1 is 1.20 bits per heavy atom. The smallest absolute Gasteiger partial charge is 0.216 e. The lowest BCUT2D eigenvalue weighted by atomic mass is 10.0. The van der Waals surface area contributed by atoms with E-state index in [-0.39, 0.29) is 6.61 Å². The number of rotatable bonds is 6. The Kier molecular flexibility index (Phi) is 5.55. The van der Waals surface area contributed by atoms with Gasteiger partial charge in [0, 0.05) is 22.2 Å². The zero-order chi connectivity index (χ0) is 21.3. The zero-order valence-corrected chi connectivity index (χ0v) is 18.4. The van der Waals surface area contributed by atoms with Gasteiger partial charge in [-0.2, -0.15) is 14.9 Å². The van der Waals surface area contributed by atoms with Gasteiger partial charge in [0.1, 0.15) is 12.4 Å². The van der Waals surface area contributed by atoms with E-state index in [0.29, 0.717) is 16.5 Å². The minimum atomic E-state index is 0.264. The lowest BCUT2D eigenvalue weighted by molar-refractivity contribution is 0.286. The molecule has 7 heteroatoms. The molecule has 0 spiro atoms. The Morgan fingerprint density at radius 2 is 2.00 bits per heavy atom. The van der Waals surface area contributed by atoms with Gasteiger partial charge in [0.25, 0.3) is 0 Å². The quantitative estimate of drug-likeness (QED) is 0.315. The van der Waals surface area contributed by atoms with E-state index < -0.39 is 0 Å². The lowest BCUT2D eigenvalue weighted by Gasteiger charge is -2.14. The molecule has 2 aromatic heterocycles. The Labute approximate surface area is 180 Å². The molecule has 2 aromatic carbocycles. The predicted octanol–water partition coefficient (Wildman–Crippen LogP) is 5.62. The SMILES string of the molecule is Cc1ccc(C(C)C)c(OCc2n[nH]c(=S)n2/N=C/c2c(C)[nH]c3ccccc23)c1. The van der Waals surface area contributed by atoms with Crippen LogP contribution in [-0.4, -0.2) is 26.1 Å². The van der Waals surface area contributed by atoms with Crippen LogP contribution in [0.3, 0.4) is 0 Å². The largest absolute Gasteiger partial charge is 0.485 e. The average Bonchev–Trinajstić information content (AvgIpc) is 3.23. The van der Waals surface area contributed by atoms with Crippen molar-refractivity contribution in [3.63, 3.8) is 0 Å². The molecule has 2 N–H and O–H groups in total. The molecule has 4 aromatic rings. The molecule has 0 saturated heterocycles. The third-order valence-electron chi connectivity index (χ3n) is 5.11. The van der Waals surface area contributed by atoms with Gasteiger partial charge in [-0.1, -0.05) is 44.2 Å². The third kappa shape index (κ3) is 3.93.